The summed E-state index contributed by atoms with van der Waals surface area (Å²) in [6.45, 7) is 8.98. The highest BCUT2D eigenvalue weighted by atomic mass is 16.3. The van der Waals surface area contributed by atoms with Crippen molar-refractivity contribution in [1.29, 1.82) is 0 Å². The van der Waals surface area contributed by atoms with Crippen LogP contribution in [0.4, 0.5) is 4.79 Å². The summed E-state index contributed by atoms with van der Waals surface area (Å²) in [7, 11) is 0. The second-order valence-electron chi connectivity index (χ2n) is 7.53. The summed E-state index contributed by atoms with van der Waals surface area (Å²) in [4.78, 5) is 32.4. The van der Waals surface area contributed by atoms with Gasteiger partial charge in [-0.25, -0.2) is 9.78 Å². The van der Waals surface area contributed by atoms with Crippen molar-refractivity contribution in [2.24, 2.45) is 5.41 Å². The maximum Gasteiger partial charge on any atom is 0.317 e. The van der Waals surface area contributed by atoms with E-state index in [9.17, 15) is 9.59 Å². The molecular formula is C18H24N4O3. The lowest BCUT2D eigenvalue weighted by Gasteiger charge is -2.35. The third-order valence-corrected chi connectivity index (χ3v) is 4.20. The number of amides is 3. The second kappa shape index (κ2) is 6.74. The Morgan fingerprint density at radius 2 is 1.84 bits per heavy atom. The number of benzene rings is 1. The summed E-state index contributed by atoms with van der Waals surface area (Å²) in [5.41, 5.74) is 1.96. The van der Waals surface area contributed by atoms with E-state index in [2.05, 4.69) is 31.1 Å². The highest BCUT2D eigenvalue weighted by molar-refractivity contribution is 5.97. The van der Waals surface area contributed by atoms with Crippen LogP contribution >= 0.6 is 0 Å². The van der Waals surface area contributed by atoms with E-state index in [1.54, 1.807) is 28.0 Å². The Labute approximate surface area is 147 Å². The molecule has 1 aromatic heterocycles. The minimum Gasteiger partial charge on any atom is -0.443 e. The average molecular weight is 344 g/mol. The van der Waals surface area contributed by atoms with Gasteiger partial charge in [-0.15, -0.1) is 0 Å². The summed E-state index contributed by atoms with van der Waals surface area (Å²) >= 11 is 0. The van der Waals surface area contributed by atoms with Crippen molar-refractivity contribution >= 4 is 23.0 Å². The molecule has 1 aliphatic rings. The molecule has 7 heteroatoms. The van der Waals surface area contributed by atoms with Crippen molar-refractivity contribution in [3.63, 3.8) is 0 Å². The number of hydrogen-bond acceptors (Lipinski definition) is 4. The molecule has 25 heavy (non-hydrogen) atoms. The SMILES string of the molecule is CC(C)(C)CNC(=O)N1CCN(C(=O)c2ccc3ncoc3c2)CC1. The van der Waals surface area contributed by atoms with Gasteiger partial charge in [0.2, 0.25) is 0 Å². The van der Waals surface area contributed by atoms with Crippen LogP contribution in [0.5, 0.6) is 0 Å². The molecule has 3 rings (SSSR count). The van der Waals surface area contributed by atoms with Crippen LogP contribution in [-0.4, -0.2) is 59.4 Å². The van der Waals surface area contributed by atoms with E-state index in [1.807, 2.05) is 0 Å². The minimum atomic E-state index is -0.0647. The number of oxazole rings is 1. The summed E-state index contributed by atoms with van der Waals surface area (Å²) < 4.78 is 5.26. The quantitative estimate of drug-likeness (QED) is 0.907. The van der Waals surface area contributed by atoms with Gasteiger partial charge >= 0.3 is 6.03 Å². The van der Waals surface area contributed by atoms with Crippen LogP contribution in [0.15, 0.2) is 29.0 Å². The highest BCUT2D eigenvalue weighted by Crippen LogP contribution is 2.17. The van der Waals surface area contributed by atoms with Crippen LogP contribution in [0.2, 0.25) is 0 Å². The number of piperazine rings is 1. The molecule has 0 aliphatic carbocycles. The van der Waals surface area contributed by atoms with Gasteiger partial charge in [-0.2, -0.15) is 0 Å². The monoisotopic (exact) mass is 344 g/mol. The number of carbonyl (C=O) groups is 2. The molecule has 134 valence electrons. The standard InChI is InChI=1S/C18H24N4O3/c1-18(2,3)11-19-17(24)22-8-6-21(7-9-22)16(23)13-4-5-14-15(10-13)25-12-20-14/h4-5,10,12H,6-9,11H2,1-3H3,(H,19,24). The van der Waals surface area contributed by atoms with Gasteiger partial charge in [0.05, 0.1) is 0 Å². The summed E-state index contributed by atoms with van der Waals surface area (Å²) in [6, 6.07) is 5.19. The molecule has 1 N–H and O–H groups in total. The molecule has 1 saturated heterocycles. The maximum absolute atomic E-state index is 12.6. The van der Waals surface area contributed by atoms with Gasteiger partial charge in [0.15, 0.2) is 12.0 Å². The first-order valence-corrected chi connectivity index (χ1v) is 8.49. The van der Waals surface area contributed by atoms with E-state index < -0.39 is 0 Å². The van der Waals surface area contributed by atoms with Gasteiger partial charge in [0, 0.05) is 38.3 Å². The number of aromatic nitrogens is 1. The Balaban J connectivity index is 1.56. The van der Waals surface area contributed by atoms with E-state index in [0.717, 1.165) is 5.52 Å². The molecule has 0 saturated carbocycles. The van der Waals surface area contributed by atoms with Gasteiger partial charge in [0.1, 0.15) is 5.52 Å². The van der Waals surface area contributed by atoms with Gasteiger partial charge < -0.3 is 19.5 Å². The lowest BCUT2D eigenvalue weighted by molar-refractivity contribution is 0.0664. The molecule has 0 radical (unpaired) electrons. The number of rotatable bonds is 2. The van der Waals surface area contributed by atoms with Crippen LogP contribution < -0.4 is 5.32 Å². The normalized spacial score (nSPS) is 15.5. The molecule has 0 unspecified atom stereocenters. The predicted octanol–water partition coefficient (Wildman–Crippen LogP) is 2.34. The molecule has 1 aliphatic heterocycles. The Hall–Kier alpha value is -2.57. The van der Waals surface area contributed by atoms with Gasteiger partial charge in [-0.3, -0.25) is 4.79 Å². The van der Waals surface area contributed by atoms with Crippen molar-refractivity contribution in [3.8, 4) is 0 Å². The molecule has 2 aromatic rings. The number of nitrogens with one attached hydrogen (secondary N) is 1. The molecule has 0 atom stereocenters. The molecular weight excluding hydrogens is 320 g/mol. The number of fused-ring (bicyclic) bond motifs is 1. The fourth-order valence-corrected chi connectivity index (χ4v) is 2.74. The molecule has 3 amide bonds. The fourth-order valence-electron chi connectivity index (χ4n) is 2.74. The molecule has 1 aromatic carbocycles. The molecule has 7 nitrogen and oxygen atoms in total. The van der Waals surface area contributed by atoms with E-state index in [-0.39, 0.29) is 17.4 Å². The molecule has 0 bridgehead atoms. The van der Waals surface area contributed by atoms with Gasteiger partial charge in [-0.05, 0) is 23.6 Å². The molecule has 0 spiro atoms. The lowest BCUT2D eigenvalue weighted by atomic mass is 9.97. The number of carbonyl (C=O) groups excluding carboxylic acids is 2. The number of urea groups is 1. The van der Waals surface area contributed by atoms with Crippen LogP contribution in [0.3, 0.4) is 0 Å². The zero-order chi connectivity index (χ0) is 18.0. The maximum atomic E-state index is 12.6. The van der Waals surface area contributed by atoms with Crippen LogP contribution in [0.25, 0.3) is 11.1 Å². The Kier molecular flexibility index (Phi) is 4.65. The predicted molar refractivity (Wildman–Crippen MR) is 94.3 cm³/mol. The zero-order valence-corrected chi connectivity index (χ0v) is 14.9. The first kappa shape index (κ1) is 17.3. The average Bonchev–Trinajstić information content (AvgIpc) is 3.06. The smallest absolute Gasteiger partial charge is 0.317 e. The van der Waals surface area contributed by atoms with Crippen molar-refractivity contribution in [2.75, 3.05) is 32.7 Å². The third kappa shape index (κ3) is 4.10. The van der Waals surface area contributed by atoms with Crippen molar-refractivity contribution in [1.82, 2.24) is 20.1 Å². The van der Waals surface area contributed by atoms with Crippen LogP contribution in [-0.2, 0) is 0 Å². The second-order valence-corrected chi connectivity index (χ2v) is 7.53. The Morgan fingerprint density at radius 1 is 1.16 bits per heavy atom. The number of hydrogen-bond donors (Lipinski definition) is 1. The van der Waals surface area contributed by atoms with Crippen LogP contribution in [0, 0.1) is 5.41 Å². The summed E-state index contributed by atoms with van der Waals surface area (Å²) in [6.07, 6.45) is 1.37. The highest BCUT2D eigenvalue weighted by Gasteiger charge is 2.25. The summed E-state index contributed by atoms with van der Waals surface area (Å²) in [5, 5.41) is 2.95. The first-order chi connectivity index (χ1) is 11.8. The van der Waals surface area contributed by atoms with Crippen LogP contribution in [0.1, 0.15) is 31.1 Å². The molecule has 2 heterocycles. The molecule has 1 fully saturated rings. The topological polar surface area (TPSA) is 78.7 Å². The largest absolute Gasteiger partial charge is 0.443 e. The van der Waals surface area contributed by atoms with Crippen molar-refractivity contribution in [2.45, 2.75) is 20.8 Å². The Bertz CT molecular complexity index is 770. The summed E-state index contributed by atoms with van der Waals surface area (Å²) in [5.74, 6) is -0.0481. The van der Waals surface area contributed by atoms with Gasteiger partial charge in [-0.1, -0.05) is 20.8 Å². The lowest BCUT2D eigenvalue weighted by Crippen LogP contribution is -2.53. The third-order valence-electron chi connectivity index (χ3n) is 4.20. The Morgan fingerprint density at radius 3 is 2.52 bits per heavy atom. The van der Waals surface area contributed by atoms with Crippen molar-refractivity contribution in [3.05, 3.63) is 30.2 Å². The van der Waals surface area contributed by atoms with E-state index >= 15 is 0 Å². The van der Waals surface area contributed by atoms with Gasteiger partial charge in [0.25, 0.3) is 5.91 Å². The first-order valence-electron chi connectivity index (χ1n) is 8.49. The fraction of sp³-hybridized carbons (Fsp3) is 0.500. The van der Waals surface area contributed by atoms with Crippen molar-refractivity contribution < 1.29 is 14.0 Å². The van der Waals surface area contributed by atoms with E-state index in [0.29, 0.717) is 43.9 Å². The van der Waals surface area contributed by atoms with E-state index in [1.165, 1.54) is 6.39 Å². The van der Waals surface area contributed by atoms with E-state index in [4.69, 9.17) is 4.42 Å². The zero-order valence-electron chi connectivity index (χ0n) is 14.9. The number of nitrogens with zero attached hydrogens (tertiary/aromatic N) is 3. The minimum absolute atomic E-state index is 0.0481.